The lowest BCUT2D eigenvalue weighted by atomic mass is 9.88. The predicted octanol–water partition coefficient (Wildman–Crippen LogP) is 10.5. The van der Waals surface area contributed by atoms with Crippen molar-refractivity contribution in [3.8, 4) is 0 Å². The minimum Gasteiger partial charge on any atom is -0.361 e. The molecule has 0 amide bonds. The molecule has 0 bridgehead atoms. The Kier molecular flexibility index (Phi) is 11.5. The Morgan fingerprint density at radius 3 is 2.11 bits per heavy atom. The van der Waals surface area contributed by atoms with Crippen LogP contribution in [0.2, 0.25) is 0 Å². The summed E-state index contributed by atoms with van der Waals surface area (Å²) in [6.45, 7) is 21.4. The van der Waals surface area contributed by atoms with Crippen molar-refractivity contribution in [3.05, 3.63) is 119 Å². The molecule has 38 heavy (non-hydrogen) atoms. The first kappa shape index (κ1) is 30.6. The normalized spacial score (nSPS) is 11.3. The van der Waals surface area contributed by atoms with Crippen LogP contribution < -0.4 is 0 Å². The van der Waals surface area contributed by atoms with Gasteiger partial charge < -0.3 is 10.4 Å². The number of benzene rings is 3. The van der Waals surface area contributed by atoms with Crippen LogP contribution in [0.25, 0.3) is 22.6 Å². The Morgan fingerprint density at radius 2 is 1.55 bits per heavy atom. The van der Waals surface area contributed by atoms with E-state index in [-0.39, 0.29) is 0 Å². The lowest BCUT2D eigenvalue weighted by Gasteiger charge is -2.17. The lowest BCUT2D eigenvalue weighted by Crippen LogP contribution is -2.08. The number of hydrogen-bond acceptors (Lipinski definition) is 1. The smallest absolute Gasteiger partial charge is 0.0466 e. The Bertz CT molecular complexity index is 1330. The molecule has 0 aliphatic rings. The van der Waals surface area contributed by atoms with Gasteiger partial charge in [-0.3, -0.25) is 0 Å². The quantitative estimate of drug-likeness (QED) is 0.244. The number of H-pyrrole nitrogens is 1. The summed E-state index contributed by atoms with van der Waals surface area (Å²) in [6.07, 6.45) is 6.69. The van der Waals surface area contributed by atoms with Gasteiger partial charge in [0.25, 0.3) is 0 Å². The van der Waals surface area contributed by atoms with Crippen LogP contribution >= 0.6 is 0 Å². The van der Waals surface area contributed by atoms with Crippen molar-refractivity contribution >= 4 is 28.8 Å². The summed E-state index contributed by atoms with van der Waals surface area (Å²) in [6, 6.07) is 25.4. The maximum absolute atomic E-state index is 7.57. The van der Waals surface area contributed by atoms with Gasteiger partial charge in [-0.1, -0.05) is 127 Å². The summed E-state index contributed by atoms with van der Waals surface area (Å²) < 4.78 is 0. The maximum atomic E-state index is 7.57. The zero-order valence-corrected chi connectivity index (χ0v) is 24.7. The van der Waals surface area contributed by atoms with E-state index >= 15 is 0 Å². The molecule has 200 valence electrons. The van der Waals surface area contributed by atoms with Gasteiger partial charge in [0.2, 0.25) is 0 Å². The molecule has 0 spiro atoms. The number of fused-ring (bicyclic) bond motifs is 1. The van der Waals surface area contributed by atoms with Gasteiger partial charge in [0.05, 0.1) is 0 Å². The van der Waals surface area contributed by atoms with Gasteiger partial charge in [-0.2, -0.15) is 0 Å². The van der Waals surface area contributed by atoms with Crippen molar-refractivity contribution in [2.45, 2.75) is 61.8 Å². The molecule has 0 aliphatic carbocycles. The molecule has 4 rings (SSSR count). The van der Waals surface area contributed by atoms with E-state index < -0.39 is 0 Å². The first-order valence-corrected chi connectivity index (χ1v) is 13.7. The molecule has 0 aliphatic heterocycles. The number of rotatable bonds is 6. The summed E-state index contributed by atoms with van der Waals surface area (Å²) in [5.41, 5.74) is 9.67. The highest BCUT2D eigenvalue weighted by Gasteiger charge is 2.10. The minimum absolute atomic E-state index is 0.338. The Morgan fingerprint density at radius 1 is 0.921 bits per heavy atom. The van der Waals surface area contributed by atoms with E-state index in [4.69, 9.17) is 5.41 Å². The maximum Gasteiger partial charge on any atom is 0.0466 e. The molecule has 2 nitrogen and oxygen atoms in total. The average molecular weight is 507 g/mol. The third-order valence-corrected chi connectivity index (χ3v) is 6.20. The van der Waals surface area contributed by atoms with Crippen LogP contribution in [0.15, 0.2) is 91.1 Å². The number of allylic oxidation sites excluding steroid dienone is 1. The van der Waals surface area contributed by atoms with Gasteiger partial charge in [0.1, 0.15) is 0 Å². The number of nitrogens with one attached hydrogen (secondary N) is 2. The van der Waals surface area contributed by atoms with Crippen molar-refractivity contribution in [2.24, 2.45) is 11.3 Å². The van der Waals surface area contributed by atoms with Crippen molar-refractivity contribution in [3.63, 3.8) is 0 Å². The van der Waals surface area contributed by atoms with Gasteiger partial charge in [-0.05, 0) is 64.7 Å². The summed E-state index contributed by atoms with van der Waals surface area (Å²) in [7, 11) is 0. The van der Waals surface area contributed by atoms with Crippen LogP contribution in [-0.2, 0) is 6.42 Å². The largest absolute Gasteiger partial charge is 0.361 e. The fraction of sp³-hybridized carbons (Fsp3) is 0.306. The Labute approximate surface area is 231 Å². The standard InChI is InChI=1S/C22H22N2.C12H18.C2H6/c1-15(2)19(13-23)11-20-14-24-22-12-18(9-10-21(20)22)16(3)17-7-5-4-6-8-17;1-10-5-7-11(8-6-10)9-12(2,3)4;1-2/h4-15,23-24H,3H2,1-2H3;5-8H,9H2,1-4H3;1-2H3/b19-11-,23-13?;;. The molecule has 0 saturated carbocycles. The van der Waals surface area contributed by atoms with Crippen molar-refractivity contribution in [2.75, 3.05) is 0 Å². The molecule has 0 saturated heterocycles. The zero-order chi connectivity index (χ0) is 28.3. The second-order valence-corrected chi connectivity index (χ2v) is 11.0. The third kappa shape index (κ3) is 9.03. The van der Waals surface area contributed by atoms with E-state index in [0.29, 0.717) is 11.3 Å². The van der Waals surface area contributed by atoms with E-state index in [1.54, 1.807) is 0 Å². The van der Waals surface area contributed by atoms with Gasteiger partial charge >= 0.3 is 0 Å². The van der Waals surface area contributed by atoms with Crippen LogP contribution in [0.5, 0.6) is 0 Å². The van der Waals surface area contributed by atoms with Gasteiger partial charge in [-0.25, -0.2) is 0 Å². The third-order valence-electron chi connectivity index (χ3n) is 6.20. The summed E-state index contributed by atoms with van der Waals surface area (Å²) in [5, 5.41) is 8.74. The van der Waals surface area contributed by atoms with E-state index in [2.05, 4.69) is 114 Å². The van der Waals surface area contributed by atoms with Gasteiger partial charge in [0.15, 0.2) is 0 Å². The number of aromatic nitrogens is 1. The molecule has 1 aromatic heterocycles. The van der Waals surface area contributed by atoms with Crippen LogP contribution in [0.4, 0.5) is 0 Å². The first-order valence-electron chi connectivity index (χ1n) is 13.7. The van der Waals surface area contributed by atoms with E-state index in [1.807, 2.05) is 38.2 Å². The second kappa shape index (κ2) is 14.3. The average Bonchev–Trinajstić information content (AvgIpc) is 3.31. The molecule has 0 atom stereocenters. The summed E-state index contributed by atoms with van der Waals surface area (Å²) >= 11 is 0. The topological polar surface area (TPSA) is 39.6 Å². The SMILES string of the molecule is C=C(c1ccccc1)c1ccc2c(/C=C(/C=N)C(C)C)c[nH]c2c1.CC.Cc1ccc(CC(C)(C)C)cc1. The highest BCUT2D eigenvalue weighted by atomic mass is 14.7. The van der Waals surface area contributed by atoms with Gasteiger partial charge in [-0.15, -0.1) is 0 Å². The number of hydrogen-bond donors (Lipinski definition) is 2. The predicted molar refractivity (Wildman–Crippen MR) is 170 cm³/mol. The molecule has 2 heteroatoms. The van der Waals surface area contributed by atoms with Crippen molar-refractivity contribution < 1.29 is 0 Å². The van der Waals surface area contributed by atoms with Crippen molar-refractivity contribution in [1.29, 1.82) is 5.41 Å². The second-order valence-electron chi connectivity index (χ2n) is 11.0. The van der Waals surface area contributed by atoms with Crippen molar-refractivity contribution in [1.82, 2.24) is 4.98 Å². The molecular formula is C36H46N2. The molecule has 0 fully saturated rings. The zero-order valence-electron chi connectivity index (χ0n) is 24.7. The van der Waals surface area contributed by atoms with Crippen LogP contribution in [-0.4, -0.2) is 11.2 Å². The molecule has 0 unspecified atom stereocenters. The Hall–Kier alpha value is -3.65. The van der Waals surface area contributed by atoms with E-state index in [0.717, 1.165) is 39.8 Å². The molecule has 3 aromatic carbocycles. The molecule has 4 aromatic rings. The van der Waals surface area contributed by atoms with Crippen LogP contribution in [0.1, 0.15) is 76.3 Å². The number of aryl methyl sites for hydroxylation is 1. The molecule has 2 N–H and O–H groups in total. The number of aromatic amines is 1. The van der Waals surface area contributed by atoms with Gasteiger partial charge in [0, 0.05) is 28.9 Å². The fourth-order valence-corrected chi connectivity index (χ4v) is 4.13. The first-order chi connectivity index (χ1) is 18.1. The molecular weight excluding hydrogens is 460 g/mol. The summed E-state index contributed by atoms with van der Waals surface area (Å²) in [5.74, 6) is 0.338. The van der Waals surface area contributed by atoms with Crippen LogP contribution in [0.3, 0.4) is 0 Å². The lowest BCUT2D eigenvalue weighted by molar-refractivity contribution is 0.411. The monoisotopic (exact) mass is 506 g/mol. The molecule has 0 radical (unpaired) electrons. The Balaban J connectivity index is 0.000000305. The molecule has 1 heterocycles. The minimum atomic E-state index is 0.338. The van der Waals surface area contributed by atoms with E-state index in [9.17, 15) is 0 Å². The van der Waals surface area contributed by atoms with E-state index in [1.165, 1.54) is 22.7 Å². The van der Waals surface area contributed by atoms with Crippen LogP contribution in [0, 0.1) is 23.7 Å². The highest BCUT2D eigenvalue weighted by Crippen LogP contribution is 2.28. The highest BCUT2D eigenvalue weighted by molar-refractivity contribution is 5.95. The fourth-order valence-electron chi connectivity index (χ4n) is 4.13. The summed E-state index contributed by atoms with van der Waals surface area (Å²) in [4.78, 5) is 3.34.